The standard InChI is InChI=1S/C13H17ClIN3O3/c1-13(2)20-9-6(5-19)3-8(10(9)21-13)17-11-7(15)4-16-12(14)18-11/h4,6,8-10,19H,3,5H2,1-2H3,(H,16,17,18)/t6-,8-,9-,10+/m1/s1. The Kier molecular flexibility index (Phi) is 4.30. The van der Waals surface area contributed by atoms with Gasteiger partial charge < -0.3 is 19.9 Å². The van der Waals surface area contributed by atoms with Crippen LogP contribution < -0.4 is 5.32 Å². The molecular formula is C13H17ClIN3O3. The molecule has 0 amide bonds. The average Bonchev–Trinajstić information content (AvgIpc) is 2.88. The third-order valence-corrected chi connectivity index (χ3v) is 4.82. The van der Waals surface area contributed by atoms with E-state index in [1.165, 1.54) is 0 Å². The molecular weight excluding hydrogens is 409 g/mol. The van der Waals surface area contributed by atoms with E-state index in [0.717, 1.165) is 9.99 Å². The summed E-state index contributed by atoms with van der Waals surface area (Å²) >= 11 is 8.01. The maximum absolute atomic E-state index is 9.55. The van der Waals surface area contributed by atoms with Gasteiger partial charge in [-0.05, 0) is 54.5 Å². The zero-order chi connectivity index (χ0) is 15.2. The van der Waals surface area contributed by atoms with Crippen molar-refractivity contribution in [2.75, 3.05) is 11.9 Å². The molecule has 0 bridgehead atoms. The number of anilines is 1. The largest absolute Gasteiger partial charge is 0.396 e. The third kappa shape index (κ3) is 3.12. The van der Waals surface area contributed by atoms with Crippen LogP contribution in [0.25, 0.3) is 0 Å². The molecule has 0 aromatic carbocycles. The summed E-state index contributed by atoms with van der Waals surface area (Å²) in [6.07, 6.45) is 2.23. The third-order valence-electron chi connectivity index (χ3n) is 3.85. The summed E-state index contributed by atoms with van der Waals surface area (Å²) in [7, 11) is 0. The second kappa shape index (κ2) is 5.77. The van der Waals surface area contributed by atoms with Gasteiger partial charge in [0.15, 0.2) is 5.79 Å². The van der Waals surface area contributed by atoms with E-state index >= 15 is 0 Å². The van der Waals surface area contributed by atoms with Gasteiger partial charge in [-0.2, -0.15) is 4.98 Å². The van der Waals surface area contributed by atoms with Crippen LogP contribution in [0.15, 0.2) is 6.20 Å². The van der Waals surface area contributed by atoms with Crippen LogP contribution in [0.1, 0.15) is 20.3 Å². The molecule has 1 saturated heterocycles. The predicted octanol–water partition coefficient (Wildman–Crippen LogP) is 2.05. The van der Waals surface area contributed by atoms with E-state index in [9.17, 15) is 5.11 Å². The first-order valence-corrected chi connectivity index (χ1v) is 8.26. The first-order valence-electron chi connectivity index (χ1n) is 6.80. The van der Waals surface area contributed by atoms with Crippen LogP contribution in [0.5, 0.6) is 0 Å². The number of nitrogens with zero attached hydrogens (tertiary/aromatic N) is 2. The van der Waals surface area contributed by atoms with Crippen LogP contribution in [-0.2, 0) is 9.47 Å². The van der Waals surface area contributed by atoms with Gasteiger partial charge in [-0.3, -0.25) is 0 Å². The van der Waals surface area contributed by atoms with Crippen molar-refractivity contribution in [3.63, 3.8) is 0 Å². The second-order valence-corrected chi connectivity index (χ2v) is 7.33. The highest BCUT2D eigenvalue weighted by atomic mass is 127. The Morgan fingerprint density at radius 3 is 2.90 bits per heavy atom. The van der Waals surface area contributed by atoms with Crippen molar-refractivity contribution in [3.05, 3.63) is 15.1 Å². The zero-order valence-electron chi connectivity index (χ0n) is 11.7. The normalized spacial score (nSPS) is 34.0. The molecule has 2 heterocycles. The maximum Gasteiger partial charge on any atom is 0.224 e. The minimum absolute atomic E-state index is 0.0217. The van der Waals surface area contributed by atoms with Crippen LogP contribution >= 0.6 is 34.2 Å². The molecule has 1 aliphatic heterocycles. The summed E-state index contributed by atoms with van der Waals surface area (Å²) in [6, 6.07) is 0.0217. The van der Waals surface area contributed by atoms with Crippen molar-refractivity contribution < 1.29 is 14.6 Å². The van der Waals surface area contributed by atoms with Gasteiger partial charge in [-0.1, -0.05) is 0 Å². The van der Waals surface area contributed by atoms with Crippen molar-refractivity contribution in [1.82, 2.24) is 9.97 Å². The molecule has 3 rings (SSSR count). The molecule has 2 N–H and O–H groups in total. The first-order chi connectivity index (χ1) is 9.89. The van der Waals surface area contributed by atoms with Crippen LogP contribution in [0.3, 0.4) is 0 Å². The lowest BCUT2D eigenvalue weighted by atomic mass is 10.1. The quantitative estimate of drug-likeness (QED) is 0.570. The van der Waals surface area contributed by atoms with E-state index in [0.29, 0.717) is 5.82 Å². The molecule has 21 heavy (non-hydrogen) atoms. The molecule has 116 valence electrons. The van der Waals surface area contributed by atoms with Crippen LogP contribution in [-0.4, -0.2) is 45.7 Å². The van der Waals surface area contributed by atoms with Crippen LogP contribution in [0.4, 0.5) is 5.82 Å². The number of ether oxygens (including phenoxy) is 2. The van der Waals surface area contributed by atoms with E-state index in [2.05, 4.69) is 37.9 Å². The molecule has 8 heteroatoms. The molecule has 4 atom stereocenters. The molecule has 2 aliphatic rings. The van der Waals surface area contributed by atoms with Gasteiger partial charge in [0.1, 0.15) is 11.9 Å². The molecule has 1 saturated carbocycles. The van der Waals surface area contributed by atoms with Gasteiger partial charge in [0, 0.05) is 18.7 Å². The smallest absolute Gasteiger partial charge is 0.224 e. The molecule has 1 aromatic rings. The number of halogens is 2. The molecule has 0 unspecified atom stereocenters. The predicted molar refractivity (Wildman–Crippen MR) is 86.2 cm³/mol. The number of rotatable bonds is 3. The van der Waals surface area contributed by atoms with Crippen molar-refractivity contribution in [3.8, 4) is 0 Å². The lowest BCUT2D eigenvalue weighted by Crippen LogP contribution is -2.34. The summed E-state index contributed by atoms with van der Waals surface area (Å²) in [5.74, 6) is 0.120. The van der Waals surface area contributed by atoms with Crippen molar-refractivity contribution in [2.24, 2.45) is 5.92 Å². The van der Waals surface area contributed by atoms with Gasteiger partial charge in [0.25, 0.3) is 0 Å². The minimum atomic E-state index is -0.625. The number of fused-ring (bicyclic) bond motifs is 1. The van der Waals surface area contributed by atoms with Gasteiger partial charge in [-0.15, -0.1) is 0 Å². The fourth-order valence-electron chi connectivity index (χ4n) is 3.03. The van der Waals surface area contributed by atoms with Gasteiger partial charge in [-0.25, -0.2) is 4.98 Å². The second-order valence-electron chi connectivity index (χ2n) is 5.83. The fraction of sp³-hybridized carbons (Fsp3) is 0.692. The van der Waals surface area contributed by atoms with Crippen LogP contribution in [0.2, 0.25) is 5.28 Å². The Labute approximate surface area is 141 Å². The maximum atomic E-state index is 9.55. The van der Waals surface area contributed by atoms with E-state index in [1.807, 2.05) is 13.8 Å². The molecule has 0 radical (unpaired) electrons. The Morgan fingerprint density at radius 1 is 1.48 bits per heavy atom. The number of aromatic nitrogens is 2. The fourth-order valence-corrected chi connectivity index (χ4v) is 3.58. The highest BCUT2D eigenvalue weighted by molar-refractivity contribution is 14.1. The topological polar surface area (TPSA) is 76.5 Å². The van der Waals surface area contributed by atoms with E-state index in [-0.39, 0.29) is 36.1 Å². The van der Waals surface area contributed by atoms with Gasteiger partial charge in [0.05, 0.1) is 15.7 Å². The summed E-state index contributed by atoms with van der Waals surface area (Å²) < 4.78 is 12.8. The van der Waals surface area contributed by atoms with Gasteiger partial charge >= 0.3 is 0 Å². The number of nitrogens with one attached hydrogen (secondary N) is 1. The lowest BCUT2D eigenvalue weighted by molar-refractivity contribution is -0.158. The lowest BCUT2D eigenvalue weighted by Gasteiger charge is -2.24. The molecule has 0 spiro atoms. The summed E-state index contributed by atoms with van der Waals surface area (Å²) in [5.41, 5.74) is 0. The van der Waals surface area contributed by atoms with Crippen molar-refractivity contribution in [2.45, 2.75) is 44.3 Å². The SMILES string of the molecule is CC1(C)O[C@@H]2[C@@H](CO)C[C@@H](Nc3nc(Cl)ncc3I)[C@@H]2O1. The Bertz CT molecular complexity index is 545. The molecule has 6 nitrogen and oxygen atoms in total. The van der Waals surface area contributed by atoms with Crippen molar-refractivity contribution >= 4 is 40.0 Å². The molecule has 1 aliphatic carbocycles. The van der Waals surface area contributed by atoms with E-state index in [1.54, 1.807) is 6.20 Å². The minimum Gasteiger partial charge on any atom is -0.396 e. The Hall–Kier alpha value is -0.220. The molecule has 1 aromatic heterocycles. The molecule has 2 fully saturated rings. The van der Waals surface area contributed by atoms with Crippen molar-refractivity contribution in [1.29, 1.82) is 0 Å². The number of aliphatic hydroxyl groups is 1. The van der Waals surface area contributed by atoms with E-state index < -0.39 is 5.79 Å². The number of hydrogen-bond donors (Lipinski definition) is 2. The summed E-state index contributed by atoms with van der Waals surface area (Å²) in [5, 5.41) is 13.1. The summed E-state index contributed by atoms with van der Waals surface area (Å²) in [6.45, 7) is 3.87. The monoisotopic (exact) mass is 425 g/mol. The summed E-state index contributed by atoms with van der Waals surface area (Å²) in [4.78, 5) is 8.16. The Balaban J connectivity index is 1.81. The highest BCUT2D eigenvalue weighted by Gasteiger charge is 2.53. The number of hydrogen-bond acceptors (Lipinski definition) is 6. The van der Waals surface area contributed by atoms with Crippen LogP contribution in [0, 0.1) is 9.49 Å². The zero-order valence-corrected chi connectivity index (χ0v) is 14.6. The first kappa shape index (κ1) is 15.7. The highest BCUT2D eigenvalue weighted by Crippen LogP contribution is 2.42. The van der Waals surface area contributed by atoms with E-state index in [4.69, 9.17) is 21.1 Å². The Morgan fingerprint density at radius 2 is 2.19 bits per heavy atom. The average molecular weight is 426 g/mol. The van der Waals surface area contributed by atoms with Gasteiger partial charge in [0.2, 0.25) is 5.28 Å². The number of aliphatic hydroxyl groups excluding tert-OH is 1.